The van der Waals surface area contributed by atoms with Crippen molar-refractivity contribution in [2.24, 2.45) is 0 Å². The van der Waals surface area contributed by atoms with Gasteiger partial charge in [-0.1, -0.05) is 36.6 Å². The van der Waals surface area contributed by atoms with Crippen molar-refractivity contribution in [3.63, 3.8) is 0 Å². The van der Waals surface area contributed by atoms with Crippen LogP contribution in [0.1, 0.15) is 71.2 Å². The van der Waals surface area contributed by atoms with Crippen LogP contribution in [0.2, 0.25) is 0 Å². The zero-order chi connectivity index (χ0) is 23.0. The Labute approximate surface area is 189 Å². The van der Waals surface area contributed by atoms with Gasteiger partial charge in [0.2, 0.25) is 0 Å². The molecule has 1 saturated carbocycles. The van der Waals surface area contributed by atoms with Gasteiger partial charge >= 0.3 is 0 Å². The number of nitrogens with zero attached hydrogens (tertiary/aromatic N) is 3. The molecule has 1 N–H and O–H groups in total. The number of hydrogen-bond donors (Lipinski definition) is 1. The summed E-state index contributed by atoms with van der Waals surface area (Å²) in [6.45, 7) is 4.72. The van der Waals surface area contributed by atoms with Gasteiger partial charge in [-0.15, -0.1) is 0 Å². The van der Waals surface area contributed by atoms with Crippen LogP contribution in [-0.4, -0.2) is 45.7 Å². The Kier molecular flexibility index (Phi) is 6.23. The highest BCUT2D eigenvalue weighted by molar-refractivity contribution is 5.94. The van der Waals surface area contributed by atoms with Crippen LogP contribution >= 0.6 is 0 Å². The second-order valence-electron chi connectivity index (χ2n) is 9.50. The second kappa shape index (κ2) is 8.79. The molecule has 1 atom stereocenters. The fraction of sp³-hybridized carbons (Fsp3) is 0.560. The molecular formula is C25H33N3O4. The van der Waals surface area contributed by atoms with Crippen molar-refractivity contribution < 1.29 is 14.6 Å². The van der Waals surface area contributed by atoms with Gasteiger partial charge in [0, 0.05) is 38.6 Å². The van der Waals surface area contributed by atoms with Gasteiger partial charge in [-0.25, -0.2) is 0 Å². The van der Waals surface area contributed by atoms with Crippen molar-refractivity contribution >= 4 is 5.91 Å². The molecule has 1 aromatic carbocycles. The summed E-state index contributed by atoms with van der Waals surface area (Å²) in [5, 5.41) is 9.82. The van der Waals surface area contributed by atoms with Crippen molar-refractivity contribution in [1.29, 1.82) is 0 Å². The van der Waals surface area contributed by atoms with Crippen molar-refractivity contribution in [1.82, 2.24) is 14.5 Å². The van der Waals surface area contributed by atoms with E-state index >= 15 is 0 Å². The largest absolute Gasteiger partial charge is 0.391 e. The quantitative estimate of drug-likeness (QED) is 0.748. The fourth-order valence-corrected chi connectivity index (χ4v) is 5.45. The first kappa shape index (κ1) is 22.7. The average molecular weight is 440 g/mol. The molecule has 1 aliphatic carbocycles. The molecule has 1 fully saturated rings. The Balaban J connectivity index is 1.85. The molecule has 32 heavy (non-hydrogen) atoms. The number of rotatable bonds is 6. The van der Waals surface area contributed by atoms with Crippen LogP contribution in [-0.2, 0) is 36.3 Å². The van der Waals surface area contributed by atoms with E-state index in [2.05, 4.69) is 30.1 Å². The van der Waals surface area contributed by atoms with Crippen LogP contribution < -0.4 is 5.56 Å². The maximum atomic E-state index is 13.1. The van der Waals surface area contributed by atoms with Crippen LogP contribution in [0.15, 0.2) is 23.0 Å². The standard InChI is InChI=1S/C25H33N3O4/c1-16-9-18(15-32-4)11-19(10-16)25(7-5-6-8-25)12-21-26-23(30)20(14-29)22-24(31)27(3)17(2)13-28(21)22/h9-11,17,29H,5-8,12-15H2,1-4H3/t17-/m0/s1. The van der Waals surface area contributed by atoms with Crippen molar-refractivity contribution in [3.8, 4) is 0 Å². The van der Waals surface area contributed by atoms with Gasteiger partial charge in [0.15, 0.2) is 0 Å². The lowest BCUT2D eigenvalue weighted by atomic mass is 9.74. The second-order valence-corrected chi connectivity index (χ2v) is 9.50. The summed E-state index contributed by atoms with van der Waals surface area (Å²) in [6, 6.07) is 6.59. The molecule has 2 heterocycles. The molecule has 1 amide bonds. The Hall–Kier alpha value is -2.51. The van der Waals surface area contributed by atoms with Gasteiger partial charge in [0.1, 0.15) is 11.5 Å². The third-order valence-corrected chi connectivity index (χ3v) is 7.26. The zero-order valence-corrected chi connectivity index (χ0v) is 19.5. The van der Waals surface area contributed by atoms with Gasteiger partial charge in [0.05, 0.1) is 18.8 Å². The van der Waals surface area contributed by atoms with Crippen LogP contribution in [0.4, 0.5) is 0 Å². The smallest absolute Gasteiger partial charge is 0.279 e. The minimum absolute atomic E-state index is 0.0172. The van der Waals surface area contributed by atoms with E-state index in [0.717, 1.165) is 31.2 Å². The van der Waals surface area contributed by atoms with E-state index in [-0.39, 0.29) is 22.9 Å². The Morgan fingerprint density at radius 2 is 1.94 bits per heavy atom. The highest BCUT2D eigenvalue weighted by Crippen LogP contribution is 2.44. The van der Waals surface area contributed by atoms with E-state index in [9.17, 15) is 14.7 Å². The maximum absolute atomic E-state index is 13.1. The lowest BCUT2D eigenvalue weighted by Gasteiger charge is -2.37. The molecule has 0 radical (unpaired) electrons. The van der Waals surface area contributed by atoms with Gasteiger partial charge in [-0.3, -0.25) is 9.59 Å². The summed E-state index contributed by atoms with van der Waals surface area (Å²) in [5.41, 5.74) is 3.34. The van der Waals surface area contributed by atoms with Crippen LogP contribution in [0, 0.1) is 6.92 Å². The van der Waals surface area contributed by atoms with Crippen LogP contribution in [0.25, 0.3) is 0 Å². The highest BCUT2D eigenvalue weighted by Gasteiger charge is 2.39. The number of carbonyl (C=O) groups excluding carboxylic acids is 1. The number of fused-ring (bicyclic) bond motifs is 1. The number of amides is 1. The molecule has 0 bridgehead atoms. The summed E-state index contributed by atoms with van der Waals surface area (Å²) in [5.74, 6) is 0.416. The van der Waals surface area contributed by atoms with E-state index < -0.39 is 12.2 Å². The van der Waals surface area contributed by atoms with Gasteiger partial charge in [-0.2, -0.15) is 4.98 Å². The normalized spacial score (nSPS) is 20.0. The zero-order valence-electron chi connectivity index (χ0n) is 19.5. The third kappa shape index (κ3) is 3.88. The van der Waals surface area contributed by atoms with Crippen LogP contribution in [0.5, 0.6) is 0 Å². The summed E-state index contributed by atoms with van der Waals surface area (Å²) in [4.78, 5) is 31.9. The monoisotopic (exact) mass is 439 g/mol. The first-order chi connectivity index (χ1) is 15.3. The predicted molar refractivity (Wildman–Crippen MR) is 122 cm³/mol. The lowest BCUT2D eigenvalue weighted by molar-refractivity contribution is 0.0660. The molecule has 2 aromatic rings. The van der Waals surface area contributed by atoms with E-state index in [0.29, 0.717) is 31.1 Å². The number of aliphatic hydroxyl groups is 1. The first-order valence-corrected chi connectivity index (χ1v) is 11.4. The summed E-state index contributed by atoms with van der Waals surface area (Å²) in [7, 11) is 3.44. The highest BCUT2D eigenvalue weighted by atomic mass is 16.5. The number of methoxy groups -OCH3 is 1. The number of aryl methyl sites for hydroxylation is 1. The van der Waals surface area contributed by atoms with Crippen molar-refractivity contribution in [2.75, 3.05) is 14.2 Å². The maximum Gasteiger partial charge on any atom is 0.279 e. The summed E-state index contributed by atoms with van der Waals surface area (Å²) < 4.78 is 7.27. The molecule has 172 valence electrons. The average Bonchev–Trinajstić information content (AvgIpc) is 3.22. The molecule has 2 aliphatic rings. The predicted octanol–water partition coefficient (Wildman–Crippen LogP) is 2.72. The topological polar surface area (TPSA) is 84.7 Å². The Morgan fingerprint density at radius 1 is 1.22 bits per heavy atom. The van der Waals surface area contributed by atoms with E-state index in [4.69, 9.17) is 4.74 Å². The third-order valence-electron chi connectivity index (χ3n) is 7.26. The van der Waals surface area contributed by atoms with E-state index in [1.165, 1.54) is 11.1 Å². The number of likely N-dealkylation sites (N-methyl/N-ethyl adjacent to an activating group) is 1. The number of hydrogen-bond acceptors (Lipinski definition) is 5. The minimum atomic E-state index is -0.498. The van der Waals surface area contributed by atoms with Gasteiger partial charge in [-0.05, 0) is 37.8 Å². The number of ether oxygens (including phenoxy) is 1. The molecule has 4 rings (SSSR count). The Bertz CT molecular complexity index is 1090. The van der Waals surface area contributed by atoms with Crippen molar-refractivity contribution in [2.45, 2.75) is 77.2 Å². The molecule has 0 saturated heterocycles. The summed E-state index contributed by atoms with van der Waals surface area (Å²) >= 11 is 0. The molecule has 0 spiro atoms. The van der Waals surface area contributed by atoms with Crippen LogP contribution in [0.3, 0.4) is 0 Å². The molecule has 7 nitrogen and oxygen atoms in total. The number of carbonyl (C=O) groups is 1. The van der Waals surface area contributed by atoms with E-state index in [1.54, 1.807) is 19.1 Å². The molecule has 1 aromatic heterocycles. The number of aliphatic hydroxyl groups excluding tert-OH is 1. The fourth-order valence-electron chi connectivity index (χ4n) is 5.45. The van der Waals surface area contributed by atoms with E-state index in [1.807, 2.05) is 11.5 Å². The summed E-state index contributed by atoms with van der Waals surface area (Å²) in [6.07, 6.45) is 4.87. The lowest BCUT2D eigenvalue weighted by Crippen LogP contribution is -2.48. The molecule has 1 aliphatic heterocycles. The van der Waals surface area contributed by atoms with Gasteiger partial charge in [0.25, 0.3) is 11.5 Å². The molecular weight excluding hydrogens is 406 g/mol. The van der Waals surface area contributed by atoms with Crippen molar-refractivity contribution in [3.05, 3.63) is 62.3 Å². The SMILES string of the molecule is COCc1cc(C)cc(C2(Cc3nc(=O)c(CO)c4n3C[C@H](C)N(C)C4=O)CCCC2)c1. The van der Waals surface area contributed by atoms with Gasteiger partial charge < -0.3 is 19.3 Å². The molecule has 0 unspecified atom stereocenters. The number of aromatic nitrogens is 2. The number of benzene rings is 1. The minimum Gasteiger partial charge on any atom is -0.391 e. The Morgan fingerprint density at radius 3 is 2.59 bits per heavy atom. The molecule has 7 heteroatoms. The first-order valence-electron chi connectivity index (χ1n) is 11.4.